The molecule has 0 aromatic heterocycles. The van der Waals surface area contributed by atoms with Gasteiger partial charge < -0.3 is 19.3 Å². The molecule has 1 aliphatic heterocycles. The van der Waals surface area contributed by atoms with Gasteiger partial charge >= 0.3 is 0 Å². The number of hydrazone groups is 1. The lowest BCUT2D eigenvalue weighted by Gasteiger charge is -2.26. The van der Waals surface area contributed by atoms with Crippen molar-refractivity contribution in [2.75, 3.05) is 26.3 Å². The molecule has 0 saturated heterocycles. The van der Waals surface area contributed by atoms with E-state index in [2.05, 4.69) is 30.3 Å². The van der Waals surface area contributed by atoms with Crippen molar-refractivity contribution < 1.29 is 19.3 Å². The molecule has 0 bridgehead atoms. The molecule has 5 rings (SSSR count). The molecular formula is C28H26N2O4. The molecule has 0 fully saturated rings. The van der Waals surface area contributed by atoms with Crippen molar-refractivity contribution in [3.8, 4) is 23.0 Å². The van der Waals surface area contributed by atoms with Crippen molar-refractivity contribution in [1.29, 1.82) is 0 Å². The van der Waals surface area contributed by atoms with Crippen LogP contribution in [-0.2, 0) is 0 Å². The summed E-state index contributed by atoms with van der Waals surface area (Å²) < 4.78 is 16.6. The minimum absolute atomic E-state index is 0.0634. The molecule has 1 atom stereocenters. The van der Waals surface area contributed by atoms with Crippen LogP contribution in [0.4, 0.5) is 5.69 Å². The summed E-state index contributed by atoms with van der Waals surface area (Å²) >= 11 is 0. The average Bonchev–Trinajstić information content (AvgIpc) is 3.32. The van der Waals surface area contributed by atoms with Crippen LogP contribution in [0.15, 0.2) is 84.0 Å². The fourth-order valence-corrected chi connectivity index (χ4v) is 4.63. The number of rotatable bonds is 6. The van der Waals surface area contributed by atoms with Gasteiger partial charge in [0.1, 0.15) is 28.7 Å². The summed E-state index contributed by atoms with van der Waals surface area (Å²) in [5, 5.41) is 20.2. The monoisotopic (exact) mass is 454 g/mol. The number of nitrogens with zero attached hydrogens (tertiary/aromatic N) is 2. The fourth-order valence-electron chi connectivity index (χ4n) is 4.63. The lowest BCUT2D eigenvalue weighted by Crippen LogP contribution is -2.19. The third kappa shape index (κ3) is 3.67. The van der Waals surface area contributed by atoms with Gasteiger partial charge in [0.05, 0.1) is 38.6 Å². The van der Waals surface area contributed by atoms with Crippen molar-refractivity contribution in [2.45, 2.75) is 12.5 Å². The zero-order valence-corrected chi connectivity index (χ0v) is 19.4. The Morgan fingerprint density at radius 2 is 1.56 bits per heavy atom. The first-order valence-corrected chi connectivity index (χ1v) is 11.1. The van der Waals surface area contributed by atoms with E-state index in [9.17, 15) is 5.11 Å². The molecule has 6 heteroatoms. The van der Waals surface area contributed by atoms with Gasteiger partial charge in [0.15, 0.2) is 0 Å². The molecule has 1 N–H and O–H groups in total. The van der Waals surface area contributed by atoms with Gasteiger partial charge in [-0.2, -0.15) is 5.10 Å². The summed E-state index contributed by atoms with van der Waals surface area (Å²) in [7, 11) is 4.79. The van der Waals surface area contributed by atoms with Crippen molar-refractivity contribution in [3.05, 3.63) is 90.0 Å². The number of para-hydroxylation sites is 2. The number of phenolic OH excluding ortho intramolecular Hbond substituents is 1. The van der Waals surface area contributed by atoms with E-state index in [0.717, 1.165) is 28.1 Å². The zero-order valence-electron chi connectivity index (χ0n) is 19.4. The lowest BCUT2D eigenvalue weighted by molar-refractivity contribution is 0.384. The minimum Gasteiger partial charge on any atom is -0.507 e. The summed E-state index contributed by atoms with van der Waals surface area (Å²) in [6, 6.07) is 25.7. The van der Waals surface area contributed by atoms with E-state index in [-0.39, 0.29) is 11.8 Å². The first-order chi connectivity index (χ1) is 16.6. The number of fused-ring (bicyclic) bond motifs is 1. The van der Waals surface area contributed by atoms with Gasteiger partial charge in [0.25, 0.3) is 0 Å². The van der Waals surface area contributed by atoms with Gasteiger partial charge in [-0.1, -0.05) is 54.6 Å². The maximum absolute atomic E-state index is 10.9. The highest BCUT2D eigenvalue weighted by Gasteiger charge is 2.34. The molecule has 1 unspecified atom stereocenters. The predicted molar refractivity (Wildman–Crippen MR) is 135 cm³/mol. The van der Waals surface area contributed by atoms with Crippen LogP contribution >= 0.6 is 0 Å². The van der Waals surface area contributed by atoms with Crippen LogP contribution in [-0.4, -0.2) is 32.1 Å². The van der Waals surface area contributed by atoms with Crippen LogP contribution < -0.4 is 19.2 Å². The number of ether oxygens (including phenoxy) is 3. The second kappa shape index (κ2) is 8.98. The van der Waals surface area contributed by atoms with Gasteiger partial charge in [-0.25, -0.2) is 0 Å². The topological polar surface area (TPSA) is 63.5 Å². The quantitative estimate of drug-likeness (QED) is 0.391. The molecule has 4 aromatic rings. The smallest absolute Gasteiger partial charge is 0.144 e. The first-order valence-electron chi connectivity index (χ1n) is 11.1. The number of aromatic hydroxyl groups is 1. The molecule has 1 heterocycles. The largest absolute Gasteiger partial charge is 0.507 e. The van der Waals surface area contributed by atoms with Gasteiger partial charge in [0, 0.05) is 18.6 Å². The molecule has 4 aromatic carbocycles. The van der Waals surface area contributed by atoms with Crippen LogP contribution in [0, 0.1) is 0 Å². The van der Waals surface area contributed by atoms with Gasteiger partial charge in [-0.3, -0.25) is 5.01 Å². The van der Waals surface area contributed by atoms with E-state index in [4.69, 9.17) is 19.3 Å². The van der Waals surface area contributed by atoms with Gasteiger partial charge in [-0.15, -0.1) is 0 Å². The lowest BCUT2D eigenvalue weighted by atomic mass is 9.93. The average molecular weight is 455 g/mol. The van der Waals surface area contributed by atoms with E-state index in [1.165, 1.54) is 5.39 Å². The molecule has 172 valence electrons. The Labute approximate surface area is 198 Å². The normalized spacial score (nSPS) is 15.3. The minimum atomic E-state index is -0.108. The van der Waals surface area contributed by atoms with E-state index < -0.39 is 0 Å². The Bertz CT molecular complexity index is 1380. The fraction of sp³-hybridized carbons (Fsp3) is 0.179. The highest BCUT2D eigenvalue weighted by molar-refractivity contribution is 6.08. The van der Waals surface area contributed by atoms with E-state index >= 15 is 0 Å². The Hall–Kier alpha value is -4.19. The van der Waals surface area contributed by atoms with Crippen LogP contribution in [0.2, 0.25) is 0 Å². The number of anilines is 1. The molecule has 34 heavy (non-hydrogen) atoms. The number of methoxy groups -OCH3 is 3. The summed E-state index contributed by atoms with van der Waals surface area (Å²) in [6.45, 7) is 0. The Morgan fingerprint density at radius 1 is 0.824 bits per heavy atom. The van der Waals surface area contributed by atoms with E-state index in [1.807, 2.05) is 41.4 Å². The van der Waals surface area contributed by atoms with Crippen molar-refractivity contribution in [1.82, 2.24) is 0 Å². The number of phenols is 1. The third-order valence-corrected chi connectivity index (χ3v) is 6.22. The summed E-state index contributed by atoms with van der Waals surface area (Å²) in [6.07, 6.45) is 0.572. The number of benzene rings is 4. The van der Waals surface area contributed by atoms with Gasteiger partial charge in [-0.05, 0) is 28.5 Å². The molecule has 6 nitrogen and oxygen atoms in total. The Kier molecular flexibility index (Phi) is 5.72. The van der Waals surface area contributed by atoms with E-state index in [1.54, 1.807) is 33.5 Å². The summed E-state index contributed by atoms with van der Waals surface area (Å²) in [4.78, 5) is 0. The van der Waals surface area contributed by atoms with Crippen molar-refractivity contribution >= 4 is 22.2 Å². The third-order valence-electron chi connectivity index (χ3n) is 6.22. The van der Waals surface area contributed by atoms with Crippen LogP contribution in [0.3, 0.4) is 0 Å². The van der Waals surface area contributed by atoms with Crippen LogP contribution in [0.1, 0.15) is 23.6 Å². The molecule has 0 radical (unpaired) electrons. The maximum atomic E-state index is 10.9. The number of hydrogen-bond acceptors (Lipinski definition) is 6. The number of hydrogen-bond donors (Lipinski definition) is 1. The molecule has 0 aliphatic carbocycles. The molecule has 1 aliphatic rings. The van der Waals surface area contributed by atoms with Crippen molar-refractivity contribution in [3.63, 3.8) is 0 Å². The second-order valence-corrected chi connectivity index (χ2v) is 8.08. The maximum Gasteiger partial charge on any atom is 0.144 e. The second-order valence-electron chi connectivity index (χ2n) is 8.08. The van der Waals surface area contributed by atoms with Crippen molar-refractivity contribution in [2.24, 2.45) is 5.10 Å². The molecule has 0 amide bonds. The predicted octanol–water partition coefficient (Wildman–Crippen LogP) is 5.93. The first kappa shape index (κ1) is 21.6. The Morgan fingerprint density at radius 3 is 2.35 bits per heavy atom. The van der Waals surface area contributed by atoms with E-state index in [0.29, 0.717) is 23.5 Å². The molecule has 0 spiro atoms. The molecule has 0 saturated carbocycles. The SMILES string of the molecule is COc1cc(O)c(C2=NN(c3ccccc3OC)C(c3cccc4ccccc34)C2)c(OC)c1. The van der Waals surface area contributed by atoms with Crippen LogP contribution in [0.25, 0.3) is 10.8 Å². The Balaban J connectivity index is 1.70. The summed E-state index contributed by atoms with van der Waals surface area (Å²) in [5.41, 5.74) is 3.28. The molecular weight excluding hydrogens is 428 g/mol. The highest BCUT2D eigenvalue weighted by Crippen LogP contribution is 2.45. The highest BCUT2D eigenvalue weighted by atomic mass is 16.5. The zero-order chi connectivity index (χ0) is 23.7. The van der Waals surface area contributed by atoms with Gasteiger partial charge in [0.2, 0.25) is 0 Å². The standard InChI is InChI=1S/C28H26N2O4/c1-32-19-15-25(31)28(27(16-19)34-3)22-17-24(21-12-8-10-18-9-4-5-11-20(18)21)30(29-22)23-13-6-7-14-26(23)33-2/h4-16,24,31H,17H2,1-3H3. The summed E-state index contributed by atoms with van der Waals surface area (Å²) in [5.74, 6) is 1.81. The van der Waals surface area contributed by atoms with Crippen LogP contribution in [0.5, 0.6) is 23.0 Å².